The van der Waals surface area contributed by atoms with Crippen LogP contribution in [0.1, 0.15) is 31.2 Å². The van der Waals surface area contributed by atoms with E-state index < -0.39 is 5.97 Å². The molecule has 1 aliphatic heterocycles. The van der Waals surface area contributed by atoms with E-state index in [-0.39, 0.29) is 23.1 Å². The summed E-state index contributed by atoms with van der Waals surface area (Å²) in [7, 11) is 0. The lowest BCUT2D eigenvalue weighted by Crippen LogP contribution is -2.49. The first-order valence-corrected chi connectivity index (χ1v) is 12.3. The molecule has 182 valence electrons. The van der Waals surface area contributed by atoms with Crippen molar-refractivity contribution in [2.45, 2.75) is 13.5 Å². The second-order valence-corrected chi connectivity index (χ2v) is 9.51. The van der Waals surface area contributed by atoms with E-state index in [9.17, 15) is 19.5 Å². The number of aromatic carboxylic acids is 1. The van der Waals surface area contributed by atoms with Crippen molar-refractivity contribution in [2.75, 3.05) is 42.9 Å². The summed E-state index contributed by atoms with van der Waals surface area (Å²) >= 11 is 1.62. The molecule has 3 aromatic rings. The van der Waals surface area contributed by atoms with Crippen LogP contribution in [0.3, 0.4) is 0 Å². The molecule has 2 heterocycles. The van der Waals surface area contributed by atoms with Crippen LogP contribution in [0, 0.1) is 6.92 Å². The minimum Gasteiger partial charge on any atom is -0.478 e. The van der Waals surface area contributed by atoms with Gasteiger partial charge >= 0.3 is 5.97 Å². The highest BCUT2D eigenvalue weighted by Crippen LogP contribution is 2.25. The van der Waals surface area contributed by atoms with Gasteiger partial charge in [0.25, 0.3) is 5.91 Å². The Morgan fingerprint density at radius 3 is 2.40 bits per heavy atom. The van der Waals surface area contributed by atoms with Crippen molar-refractivity contribution in [2.24, 2.45) is 0 Å². The number of carbonyl (C=O) groups is 3. The summed E-state index contributed by atoms with van der Waals surface area (Å²) < 4.78 is 0. The first-order valence-electron chi connectivity index (χ1n) is 11.4. The van der Waals surface area contributed by atoms with Gasteiger partial charge in [-0.3, -0.25) is 14.5 Å². The molecular formula is C26H28N4O4S. The second kappa shape index (κ2) is 11.2. The predicted octanol–water partition coefficient (Wildman–Crippen LogP) is 3.45. The highest BCUT2D eigenvalue weighted by atomic mass is 32.1. The third kappa shape index (κ3) is 6.46. The van der Waals surface area contributed by atoms with Crippen LogP contribution in [0.15, 0.2) is 60.0 Å². The van der Waals surface area contributed by atoms with Crippen molar-refractivity contribution in [3.63, 3.8) is 0 Å². The van der Waals surface area contributed by atoms with Gasteiger partial charge in [0, 0.05) is 42.3 Å². The van der Waals surface area contributed by atoms with Crippen molar-refractivity contribution in [1.82, 2.24) is 10.2 Å². The Bertz CT molecular complexity index is 1190. The summed E-state index contributed by atoms with van der Waals surface area (Å²) in [5.74, 6) is -1.47. The molecular weight excluding hydrogens is 464 g/mol. The molecule has 0 saturated carbocycles. The average Bonchev–Trinajstić information content (AvgIpc) is 3.38. The molecule has 0 radical (unpaired) electrons. The van der Waals surface area contributed by atoms with E-state index in [1.165, 1.54) is 0 Å². The van der Waals surface area contributed by atoms with Crippen LogP contribution in [0.2, 0.25) is 0 Å². The van der Waals surface area contributed by atoms with Crippen LogP contribution in [-0.4, -0.2) is 60.5 Å². The van der Waals surface area contributed by atoms with Crippen molar-refractivity contribution < 1.29 is 19.5 Å². The molecule has 35 heavy (non-hydrogen) atoms. The molecule has 8 nitrogen and oxygen atoms in total. The summed E-state index contributed by atoms with van der Waals surface area (Å²) in [6.45, 7) is 5.55. The molecule has 2 aromatic carbocycles. The molecule has 1 aromatic heterocycles. The first kappa shape index (κ1) is 24.4. The van der Waals surface area contributed by atoms with Crippen LogP contribution in [-0.2, 0) is 11.3 Å². The maximum absolute atomic E-state index is 12.6. The van der Waals surface area contributed by atoms with Gasteiger partial charge in [-0.15, -0.1) is 11.3 Å². The van der Waals surface area contributed by atoms with Crippen LogP contribution in [0.4, 0.5) is 11.4 Å². The van der Waals surface area contributed by atoms with Gasteiger partial charge in [0.2, 0.25) is 5.91 Å². The van der Waals surface area contributed by atoms with Gasteiger partial charge in [-0.25, -0.2) is 4.79 Å². The Hall–Kier alpha value is -3.69. The molecule has 0 spiro atoms. The summed E-state index contributed by atoms with van der Waals surface area (Å²) in [6, 6.07) is 16.1. The van der Waals surface area contributed by atoms with Gasteiger partial charge in [0.15, 0.2) is 0 Å². The predicted molar refractivity (Wildman–Crippen MR) is 137 cm³/mol. The number of nitrogens with zero attached hydrogens (tertiary/aromatic N) is 2. The van der Waals surface area contributed by atoms with E-state index in [0.717, 1.165) is 16.1 Å². The second-order valence-electron chi connectivity index (χ2n) is 8.47. The van der Waals surface area contributed by atoms with Crippen molar-refractivity contribution in [1.29, 1.82) is 0 Å². The van der Waals surface area contributed by atoms with E-state index in [1.54, 1.807) is 35.6 Å². The molecule has 0 bridgehead atoms. The number of carboxylic acids is 1. The lowest BCUT2D eigenvalue weighted by atomic mass is 10.1. The van der Waals surface area contributed by atoms with Gasteiger partial charge in [-0.2, -0.15) is 0 Å². The van der Waals surface area contributed by atoms with E-state index in [1.807, 2.05) is 42.6 Å². The number of nitrogens with one attached hydrogen (secondary N) is 2. The average molecular weight is 493 g/mol. The molecule has 1 aliphatic rings. The monoisotopic (exact) mass is 492 g/mol. The lowest BCUT2D eigenvalue weighted by Gasteiger charge is -2.36. The largest absolute Gasteiger partial charge is 0.478 e. The third-order valence-electron chi connectivity index (χ3n) is 5.94. The number of carbonyl (C=O) groups excluding carboxylic acids is 2. The number of benzene rings is 2. The maximum atomic E-state index is 12.6. The first-order chi connectivity index (χ1) is 16.9. The molecule has 0 aliphatic carbocycles. The molecule has 1 fully saturated rings. The molecule has 2 amide bonds. The van der Waals surface area contributed by atoms with Gasteiger partial charge in [0.05, 0.1) is 24.3 Å². The number of hydrogen-bond donors (Lipinski definition) is 3. The number of amides is 2. The molecule has 0 unspecified atom stereocenters. The van der Waals surface area contributed by atoms with Crippen molar-refractivity contribution >= 4 is 40.5 Å². The Morgan fingerprint density at radius 2 is 1.74 bits per heavy atom. The fourth-order valence-electron chi connectivity index (χ4n) is 3.94. The summed E-state index contributed by atoms with van der Waals surface area (Å²) in [5.41, 5.74) is 2.58. The summed E-state index contributed by atoms with van der Waals surface area (Å²) in [4.78, 5) is 42.1. The third-order valence-corrected chi connectivity index (χ3v) is 6.82. The van der Waals surface area contributed by atoms with E-state index in [0.29, 0.717) is 44.8 Å². The minimum absolute atomic E-state index is 0.00585. The number of aryl methyl sites for hydroxylation is 1. The van der Waals surface area contributed by atoms with E-state index in [4.69, 9.17) is 0 Å². The van der Waals surface area contributed by atoms with Crippen molar-refractivity contribution in [3.8, 4) is 0 Å². The van der Waals surface area contributed by atoms with Crippen LogP contribution >= 0.6 is 11.3 Å². The van der Waals surface area contributed by atoms with Gasteiger partial charge in [-0.05, 0) is 48.7 Å². The SMILES string of the molecule is Cc1ccc(C(=O)Nc2ccc(N3CCN(CC(=O)NCc4cccs4)CC3)cc2C(=O)O)cc1. The number of carboxylic acid groups (broad SMARTS) is 1. The highest BCUT2D eigenvalue weighted by Gasteiger charge is 2.21. The zero-order valence-corrected chi connectivity index (χ0v) is 20.3. The number of hydrogen-bond acceptors (Lipinski definition) is 6. The highest BCUT2D eigenvalue weighted by molar-refractivity contribution is 7.09. The number of anilines is 2. The zero-order chi connectivity index (χ0) is 24.8. The fourth-order valence-corrected chi connectivity index (χ4v) is 4.58. The smallest absolute Gasteiger partial charge is 0.337 e. The van der Waals surface area contributed by atoms with Gasteiger partial charge < -0.3 is 20.6 Å². The number of piperazine rings is 1. The van der Waals surface area contributed by atoms with Gasteiger partial charge in [0.1, 0.15) is 0 Å². The van der Waals surface area contributed by atoms with Crippen LogP contribution in [0.25, 0.3) is 0 Å². The molecule has 0 atom stereocenters. The van der Waals surface area contributed by atoms with Crippen LogP contribution < -0.4 is 15.5 Å². The molecule has 3 N–H and O–H groups in total. The van der Waals surface area contributed by atoms with E-state index >= 15 is 0 Å². The standard InChI is InChI=1S/C26H28N4O4S/c1-18-4-6-19(7-5-18)25(32)28-23-9-8-20(15-22(23)26(33)34)30-12-10-29(11-13-30)17-24(31)27-16-21-3-2-14-35-21/h2-9,14-15H,10-13,16-17H2,1H3,(H,27,31)(H,28,32)(H,33,34). The Balaban J connectivity index is 1.34. The Labute approximate surface area is 208 Å². The maximum Gasteiger partial charge on any atom is 0.337 e. The quantitative estimate of drug-likeness (QED) is 0.445. The lowest BCUT2D eigenvalue weighted by molar-refractivity contribution is -0.122. The topological polar surface area (TPSA) is 102 Å². The van der Waals surface area contributed by atoms with Gasteiger partial charge in [-0.1, -0.05) is 23.8 Å². The Morgan fingerprint density at radius 1 is 1.00 bits per heavy atom. The summed E-state index contributed by atoms with van der Waals surface area (Å²) in [6.07, 6.45) is 0. The molecule has 9 heteroatoms. The Kier molecular flexibility index (Phi) is 7.79. The zero-order valence-electron chi connectivity index (χ0n) is 19.5. The van der Waals surface area contributed by atoms with E-state index in [2.05, 4.69) is 20.4 Å². The fraction of sp³-hybridized carbons (Fsp3) is 0.269. The molecule has 4 rings (SSSR count). The van der Waals surface area contributed by atoms with Crippen molar-refractivity contribution in [3.05, 3.63) is 81.5 Å². The number of rotatable bonds is 8. The normalized spacial score (nSPS) is 13.9. The molecule has 1 saturated heterocycles. The van der Waals surface area contributed by atoms with Crippen LogP contribution in [0.5, 0.6) is 0 Å². The summed E-state index contributed by atoms with van der Waals surface area (Å²) in [5, 5.41) is 17.4. The number of thiophene rings is 1. The minimum atomic E-state index is -1.10.